The lowest BCUT2D eigenvalue weighted by atomic mass is 9.95. The van der Waals surface area contributed by atoms with E-state index < -0.39 is 23.5 Å². The molecule has 0 saturated heterocycles. The normalized spacial score (nSPS) is 16.6. The van der Waals surface area contributed by atoms with Crippen molar-refractivity contribution in [2.45, 2.75) is 19.5 Å². The van der Waals surface area contributed by atoms with Crippen LogP contribution in [0.4, 0.5) is 0 Å². The summed E-state index contributed by atoms with van der Waals surface area (Å²) in [5, 5.41) is 10.6. The Kier molecular flexibility index (Phi) is 5.30. The molecule has 0 saturated carbocycles. The maximum atomic E-state index is 13.0. The molecule has 1 aliphatic heterocycles. The van der Waals surface area contributed by atoms with Gasteiger partial charge in [0.15, 0.2) is 11.5 Å². The van der Waals surface area contributed by atoms with Crippen LogP contribution in [0.5, 0.6) is 0 Å². The van der Waals surface area contributed by atoms with E-state index in [1.165, 1.54) is 23.3 Å². The molecule has 1 aromatic carbocycles. The molecule has 0 fully saturated rings. The van der Waals surface area contributed by atoms with Crippen LogP contribution in [0.3, 0.4) is 0 Å². The third kappa shape index (κ3) is 3.80. The van der Waals surface area contributed by atoms with E-state index in [0.29, 0.717) is 5.76 Å². The molecule has 4 rings (SSSR count). The number of pyridine rings is 1. The SMILES string of the molecule is Cc1ccc(C2C(C(=O)/C=C/c3ccco3)=C(O)C(=O)N2Cc2cccnc2)cc1. The second-order valence-electron chi connectivity index (χ2n) is 7.08. The average Bonchev–Trinajstić information content (AvgIpc) is 3.36. The van der Waals surface area contributed by atoms with Gasteiger partial charge in [-0.1, -0.05) is 35.9 Å². The van der Waals surface area contributed by atoms with Gasteiger partial charge >= 0.3 is 0 Å². The van der Waals surface area contributed by atoms with Crippen molar-refractivity contribution in [3.8, 4) is 0 Å². The predicted octanol–water partition coefficient (Wildman–Crippen LogP) is 4.16. The Labute approximate surface area is 173 Å². The first-order chi connectivity index (χ1) is 14.5. The van der Waals surface area contributed by atoms with E-state index in [-0.39, 0.29) is 12.1 Å². The zero-order valence-corrected chi connectivity index (χ0v) is 16.4. The molecule has 3 heterocycles. The Morgan fingerprint density at radius 3 is 2.67 bits per heavy atom. The number of aryl methyl sites for hydroxylation is 1. The van der Waals surface area contributed by atoms with Gasteiger partial charge in [-0.25, -0.2) is 0 Å². The van der Waals surface area contributed by atoms with Crippen molar-refractivity contribution >= 4 is 17.8 Å². The van der Waals surface area contributed by atoms with Gasteiger partial charge in [0.1, 0.15) is 5.76 Å². The number of aliphatic hydroxyl groups excluding tert-OH is 1. The number of allylic oxidation sites excluding steroid dienone is 1. The van der Waals surface area contributed by atoms with Crippen molar-refractivity contribution in [3.05, 3.63) is 107 Å². The number of furan rings is 1. The molecule has 6 nitrogen and oxygen atoms in total. The zero-order valence-electron chi connectivity index (χ0n) is 16.4. The van der Waals surface area contributed by atoms with Gasteiger partial charge in [-0.3, -0.25) is 14.6 Å². The van der Waals surface area contributed by atoms with Crippen molar-refractivity contribution in [3.63, 3.8) is 0 Å². The molecule has 6 heteroatoms. The third-order valence-corrected chi connectivity index (χ3v) is 4.98. The summed E-state index contributed by atoms with van der Waals surface area (Å²) >= 11 is 0. The fourth-order valence-electron chi connectivity index (χ4n) is 3.49. The van der Waals surface area contributed by atoms with E-state index in [0.717, 1.165) is 16.7 Å². The second-order valence-corrected chi connectivity index (χ2v) is 7.08. The first-order valence-corrected chi connectivity index (χ1v) is 9.50. The molecular weight excluding hydrogens is 380 g/mol. The van der Waals surface area contributed by atoms with Crippen LogP contribution in [0.1, 0.15) is 28.5 Å². The van der Waals surface area contributed by atoms with Crippen molar-refractivity contribution in [2.75, 3.05) is 0 Å². The van der Waals surface area contributed by atoms with Gasteiger partial charge in [0.2, 0.25) is 0 Å². The third-order valence-electron chi connectivity index (χ3n) is 4.98. The quantitative estimate of drug-likeness (QED) is 0.628. The lowest BCUT2D eigenvalue weighted by Gasteiger charge is -2.26. The van der Waals surface area contributed by atoms with Crippen LogP contribution in [0.15, 0.2) is 89.0 Å². The Bertz CT molecular complexity index is 1110. The molecular formula is C24H20N2O4. The predicted molar refractivity (Wildman–Crippen MR) is 111 cm³/mol. The van der Waals surface area contributed by atoms with E-state index in [1.54, 1.807) is 30.6 Å². The molecule has 0 aliphatic carbocycles. The van der Waals surface area contributed by atoms with E-state index >= 15 is 0 Å². The largest absolute Gasteiger partial charge is 0.503 e. The van der Waals surface area contributed by atoms with Crippen LogP contribution >= 0.6 is 0 Å². The van der Waals surface area contributed by atoms with Crippen molar-refractivity contribution in [2.24, 2.45) is 0 Å². The standard InChI is InChI=1S/C24H20N2O4/c1-16-6-8-18(9-7-16)22-21(20(27)11-10-19-5-3-13-30-19)23(28)24(29)26(22)15-17-4-2-12-25-14-17/h2-14,22,28H,15H2,1H3/b11-10+. The minimum absolute atomic E-state index is 0.0514. The van der Waals surface area contributed by atoms with Crippen LogP contribution in [0.25, 0.3) is 6.08 Å². The maximum absolute atomic E-state index is 13.0. The number of carbonyl (C=O) groups excluding carboxylic acids is 2. The summed E-state index contributed by atoms with van der Waals surface area (Å²) in [7, 11) is 0. The first kappa shape index (κ1) is 19.4. The summed E-state index contributed by atoms with van der Waals surface area (Å²) in [4.78, 5) is 31.5. The van der Waals surface area contributed by atoms with Crippen molar-refractivity contribution in [1.29, 1.82) is 0 Å². The second kappa shape index (κ2) is 8.21. The molecule has 1 amide bonds. The highest BCUT2D eigenvalue weighted by Crippen LogP contribution is 2.39. The molecule has 2 aromatic heterocycles. The number of aromatic nitrogens is 1. The highest BCUT2D eigenvalue weighted by atomic mass is 16.3. The summed E-state index contributed by atoms with van der Waals surface area (Å²) in [6.45, 7) is 2.18. The Hall–Kier alpha value is -3.93. The minimum Gasteiger partial charge on any atom is -0.503 e. The van der Waals surface area contributed by atoms with Gasteiger partial charge in [-0.15, -0.1) is 0 Å². The zero-order chi connectivity index (χ0) is 21.1. The van der Waals surface area contributed by atoms with Crippen molar-refractivity contribution < 1.29 is 19.1 Å². The number of benzene rings is 1. The van der Waals surface area contributed by atoms with Gasteiger partial charge in [0.25, 0.3) is 5.91 Å². The summed E-state index contributed by atoms with van der Waals surface area (Å²) in [5.74, 6) is -1.05. The highest BCUT2D eigenvalue weighted by Gasteiger charge is 2.42. The van der Waals surface area contributed by atoms with Gasteiger partial charge < -0.3 is 14.4 Å². The lowest BCUT2D eigenvalue weighted by Crippen LogP contribution is -2.30. The topological polar surface area (TPSA) is 83.6 Å². The molecule has 0 spiro atoms. The number of carbonyl (C=O) groups is 2. The smallest absolute Gasteiger partial charge is 0.290 e. The summed E-state index contributed by atoms with van der Waals surface area (Å²) in [5.41, 5.74) is 2.66. The molecule has 3 aromatic rings. The number of aliphatic hydroxyl groups is 1. The average molecular weight is 400 g/mol. The number of hydrogen-bond donors (Lipinski definition) is 1. The first-order valence-electron chi connectivity index (χ1n) is 9.50. The minimum atomic E-state index is -0.702. The summed E-state index contributed by atoms with van der Waals surface area (Å²) in [6.07, 6.45) is 7.64. The van der Waals surface area contributed by atoms with E-state index in [1.807, 2.05) is 37.3 Å². The fourth-order valence-corrected chi connectivity index (χ4v) is 3.49. The monoisotopic (exact) mass is 400 g/mol. The summed E-state index contributed by atoms with van der Waals surface area (Å²) in [6, 6.07) is 13.9. The molecule has 1 unspecified atom stereocenters. The number of amides is 1. The molecule has 0 bridgehead atoms. The highest BCUT2D eigenvalue weighted by molar-refractivity contribution is 6.14. The van der Waals surface area contributed by atoms with Gasteiger partial charge in [-0.2, -0.15) is 0 Å². The molecule has 30 heavy (non-hydrogen) atoms. The van der Waals surface area contributed by atoms with Gasteiger partial charge in [0, 0.05) is 18.9 Å². The summed E-state index contributed by atoms with van der Waals surface area (Å²) < 4.78 is 5.22. The van der Waals surface area contributed by atoms with Crippen LogP contribution in [0.2, 0.25) is 0 Å². The van der Waals surface area contributed by atoms with E-state index in [4.69, 9.17) is 4.42 Å². The van der Waals surface area contributed by atoms with E-state index in [2.05, 4.69) is 4.98 Å². The Balaban J connectivity index is 1.73. The molecule has 150 valence electrons. The number of ketones is 1. The molecule has 1 N–H and O–H groups in total. The van der Waals surface area contributed by atoms with Crippen LogP contribution in [-0.4, -0.2) is 26.7 Å². The van der Waals surface area contributed by atoms with Crippen LogP contribution in [0, 0.1) is 6.92 Å². The van der Waals surface area contributed by atoms with Gasteiger partial charge in [-0.05, 0) is 48.4 Å². The Morgan fingerprint density at radius 1 is 1.20 bits per heavy atom. The van der Waals surface area contributed by atoms with E-state index in [9.17, 15) is 14.7 Å². The van der Waals surface area contributed by atoms with Crippen molar-refractivity contribution in [1.82, 2.24) is 9.88 Å². The lowest BCUT2D eigenvalue weighted by molar-refractivity contribution is -0.130. The fraction of sp³-hybridized carbons (Fsp3) is 0.125. The molecule has 1 aliphatic rings. The number of nitrogens with zero attached hydrogens (tertiary/aromatic N) is 2. The van der Waals surface area contributed by atoms with Crippen LogP contribution < -0.4 is 0 Å². The van der Waals surface area contributed by atoms with Gasteiger partial charge in [0.05, 0.1) is 17.9 Å². The number of rotatable bonds is 6. The van der Waals surface area contributed by atoms with Crippen LogP contribution in [-0.2, 0) is 16.1 Å². The number of hydrogen-bond acceptors (Lipinski definition) is 5. The maximum Gasteiger partial charge on any atom is 0.290 e. The Morgan fingerprint density at radius 2 is 2.00 bits per heavy atom. The molecule has 0 radical (unpaired) electrons. The molecule has 1 atom stereocenters.